The number of non-ortho nitro benzene ring substituents is 1. The van der Waals surface area contributed by atoms with Crippen LogP contribution < -0.4 is 5.32 Å². The van der Waals surface area contributed by atoms with E-state index in [-0.39, 0.29) is 28.3 Å². The lowest BCUT2D eigenvalue weighted by atomic mass is 10.1. The first-order valence-electron chi connectivity index (χ1n) is 6.00. The Hall–Kier alpha value is -3.42. The van der Waals surface area contributed by atoms with Gasteiger partial charge >= 0.3 is 5.97 Å². The van der Waals surface area contributed by atoms with Crippen LogP contribution in [0.5, 0.6) is 5.75 Å². The average Bonchev–Trinajstić information content (AvgIpc) is 2.48. The molecule has 0 unspecified atom stereocenters. The summed E-state index contributed by atoms with van der Waals surface area (Å²) in [6.45, 7) is 0. The zero-order valence-electron chi connectivity index (χ0n) is 11.0. The van der Waals surface area contributed by atoms with Crippen molar-refractivity contribution >= 4 is 23.3 Å². The van der Waals surface area contributed by atoms with E-state index in [1.165, 1.54) is 36.4 Å². The van der Waals surface area contributed by atoms with Crippen molar-refractivity contribution < 1.29 is 24.7 Å². The van der Waals surface area contributed by atoms with Crippen molar-refractivity contribution in [3.63, 3.8) is 0 Å². The van der Waals surface area contributed by atoms with Crippen molar-refractivity contribution in [1.29, 1.82) is 0 Å². The molecular formula is C14H10N2O6. The predicted octanol–water partition coefficient (Wildman–Crippen LogP) is 2.25. The van der Waals surface area contributed by atoms with Gasteiger partial charge in [-0.1, -0.05) is 0 Å². The number of benzene rings is 2. The Bertz CT molecular complexity index is 754. The quantitative estimate of drug-likeness (QED) is 0.451. The molecule has 2 rings (SSSR count). The van der Waals surface area contributed by atoms with Gasteiger partial charge in [0.05, 0.1) is 16.2 Å². The standard InChI is InChI=1S/C14H10N2O6/c17-10-5-6-12(11(7-10)14(19)20)15-13(18)8-1-3-9(4-2-8)16(21)22/h1-7,17H,(H,15,18)(H,19,20). The summed E-state index contributed by atoms with van der Waals surface area (Å²) in [5, 5.41) is 31.2. The third kappa shape index (κ3) is 3.18. The Morgan fingerprint density at radius 3 is 2.27 bits per heavy atom. The number of aromatic hydroxyl groups is 1. The zero-order chi connectivity index (χ0) is 16.3. The summed E-state index contributed by atoms with van der Waals surface area (Å²) in [5.41, 5.74) is -0.286. The molecule has 0 aliphatic rings. The number of nitrogens with one attached hydrogen (secondary N) is 1. The number of nitro benzene ring substituents is 1. The van der Waals surface area contributed by atoms with Crippen LogP contribution in [0.2, 0.25) is 0 Å². The minimum absolute atomic E-state index is 0.00801. The monoisotopic (exact) mass is 302 g/mol. The summed E-state index contributed by atoms with van der Waals surface area (Å²) < 4.78 is 0. The van der Waals surface area contributed by atoms with Crippen LogP contribution in [0.25, 0.3) is 0 Å². The number of hydrogen-bond donors (Lipinski definition) is 3. The fraction of sp³-hybridized carbons (Fsp3) is 0. The lowest BCUT2D eigenvalue weighted by molar-refractivity contribution is -0.384. The number of carboxylic acids is 1. The van der Waals surface area contributed by atoms with Crippen LogP contribution in [-0.2, 0) is 0 Å². The molecule has 2 aromatic carbocycles. The van der Waals surface area contributed by atoms with Gasteiger partial charge in [-0.05, 0) is 30.3 Å². The van der Waals surface area contributed by atoms with Gasteiger partial charge in [0.25, 0.3) is 11.6 Å². The van der Waals surface area contributed by atoms with Crippen LogP contribution >= 0.6 is 0 Å². The summed E-state index contributed by atoms with van der Waals surface area (Å²) in [6, 6.07) is 8.35. The van der Waals surface area contributed by atoms with Gasteiger partial charge in [0, 0.05) is 17.7 Å². The summed E-state index contributed by atoms with van der Waals surface area (Å²) >= 11 is 0. The van der Waals surface area contributed by atoms with E-state index in [9.17, 15) is 24.8 Å². The second-order valence-corrected chi connectivity index (χ2v) is 4.29. The molecule has 0 aliphatic carbocycles. The first-order chi connectivity index (χ1) is 10.4. The van der Waals surface area contributed by atoms with Gasteiger partial charge in [0.15, 0.2) is 0 Å². The van der Waals surface area contributed by atoms with Gasteiger partial charge in [0.1, 0.15) is 5.75 Å². The summed E-state index contributed by atoms with van der Waals surface area (Å²) in [4.78, 5) is 33.0. The number of rotatable bonds is 4. The Labute approximate surface area is 123 Å². The van der Waals surface area contributed by atoms with Crippen molar-refractivity contribution in [3.05, 3.63) is 63.7 Å². The van der Waals surface area contributed by atoms with Gasteiger partial charge < -0.3 is 15.5 Å². The molecule has 0 aliphatic heterocycles. The molecule has 22 heavy (non-hydrogen) atoms. The molecule has 0 saturated carbocycles. The second-order valence-electron chi connectivity index (χ2n) is 4.29. The number of nitrogens with zero attached hydrogens (tertiary/aromatic N) is 1. The lowest BCUT2D eigenvalue weighted by Crippen LogP contribution is -2.14. The summed E-state index contributed by atoms with van der Waals surface area (Å²) in [7, 11) is 0. The van der Waals surface area contributed by atoms with E-state index in [2.05, 4.69) is 5.32 Å². The molecule has 0 heterocycles. The molecule has 0 fully saturated rings. The molecule has 0 atom stereocenters. The van der Waals surface area contributed by atoms with Gasteiger partial charge in [-0.25, -0.2) is 4.79 Å². The highest BCUT2D eigenvalue weighted by atomic mass is 16.6. The number of carbonyl (C=O) groups is 2. The zero-order valence-corrected chi connectivity index (χ0v) is 11.0. The lowest BCUT2D eigenvalue weighted by Gasteiger charge is -2.08. The van der Waals surface area contributed by atoms with Crippen molar-refractivity contribution in [3.8, 4) is 5.75 Å². The smallest absolute Gasteiger partial charge is 0.337 e. The van der Waals surface area contributed by atoms with Crippen LogP contribution in [0, 0.1) is 10.1 Å². The Balaban J connectivity index is 2.25. The summed E-state index contributed by atoms with van der Waals surface area (Å²) in [6.07, 6.45) is 0. The number of nitro groups is 1. The van der Waals surface area contributed by atoms with Gasteiger partial charge in [-0.3, -0.25) is 14.9 Å². The molecule has 8 heteroatoms. The fourth-order valence-corrected chi connectivity index (χ4v) is 1.75. The maximum absolute atomic E-state index is 12.0. The highest BCUT2D eigenvalue weighted by Crippen LogP contribution is 2.22. The minimum Gasteiger partial charge on any atom is -0.508 e. The highest BCUT2D eigenvalue weighted by molar-refractivity contribution is 6.07. The number of phenols is 1. The number of carboxylic acid groups (broad SMARTS) is 1. The largest absolute Gasteiger partial charge is 0.508 e. The third-order valence-electron chi connectivity index (χ3n) is 2.82. The molecule has 2 aromatic rings. The van der Waals surface area contributed by atoms with Crippen LogP contribution in [0.1, 0.15) is 20.7 Å². The van der Waals surface area contributed by atoms with E-state index in [1.54, 1.807) is 0 Å². The first-order valence-corrected chi connectivity index (χ1v) is 6.00. The molecule has 0 radical (unpaired) electrons. The molecule has 3 N–H and O–H groups in total. The van der Waals surface area contributed by atoms with Crippen molar-refractivity contribution in [2.75, 3.05) is 5.32 Å². The number of hydrogen-bond acceptors (Lipinski definition) is 5. The van der Waals surface area contributed by atoms with Crippen LogP contribution in [0.4, 0.5) is 11.4 Å². The molecule has 1 amide bonds. The molecular weight excluding hydrogens is 292 g/mol. The van der Waals surface area contributed by atoms with Gasteiger partial charge in [0.2, 0.25) is 0 Å². The average molecular weight is 302 g/mol. The highest BCUT2D eigenvalue weighted by Gasteiger charge is 2.15. The number of anilines is 1. The number of carbonyl (C=O) groups excluding carboxylic acids is 1. The molecule has 112 valence electrons. The molecule has 0 aromatic heterocycles. The maximum Gasteiger partial charge on any atom is 0.337 e. The van der Waals surface area contributed by atoms with E-state index in [0.717, 1.165) is 6.07 Å². The second kappa shape index (κ2) is 5.92. The maximum atomic E-state index is 12.0. The summed E-state index contributed by atoms with van der Waals surface area (Å²) in [5.74, 6) is -2.18. The molecule has 8 nitrogen and oxygen atoms in total. The van der Waals surface area contributed by atoms with Crippen molar-refractivity contribution in [2.24, 2.45) is 0 Å². The van der Waals surface area contributed by atoms with Crippen LogP contribution in [0.3, 0.4) is 0 Å². The van der Waals surface area contributed by atoms with Crippen molar-refractivity contribution in [2.45, 2.75) is 0 Å². The van der Waals surface area contributed by atoms with E-state index in [0.29, 0.717) is 0 Å². The Kier molecular flexibility index (Phi) is 4.03. The van der Waals surface area contributed by atoms with E-state index >= 15 is 0 Å². The van der Waals surface area contributed by atoms with Crippen molar-refractivity contribution in [1.82, 2.24) is 0 Å². The predicted molar refractivity (Wildman–Crippen MR) is 76.1 cm³/mol. The van der Waals surface area contributed by atoms with E-state index in [1.807, 2.05) is 0 Å². The molecule has 0 bridgehead atoms. The van der Waals surface area contributed by atoms with E-state index < -0.39 is 16.8 Å². The van der Waals surface area contributed by atoms with E-state index in [4.69, 9.17) is 5.11 Å². The SMILES string of the molecule is O=C(Nc1ccc(O)cc1C(=O)O)c1ccc([N+](=O)[O-])cc1. The Morgan fingerprint density at radius 1 is 1.09 bits per heavy atom. The van der Waals surface area contributed by atoms with Crippen LogP contribution in [0.15, 0.2) is 42.5 Å². The number of amides is 1. The Morgan fingerprint density at radius 2 is 1.73 bits per heavy atom. The molecule has 0 saturated heterocycles. The van der Waals surface area contributed by atoms with Gasteiger partial charge in [-0.2, -0.15) is 0 Å². The molecule has 0 spiro atoms. The first kappa shape index (κ1) is 15.0. The topological polar surface area (TPSA) is 130 Å². The normalized spacial score (nSPS) is 10.0. The third-order valence-corrected chi connectivity index (χ3v) is 2.82. The fourth-order valence-electron chi connectivity index (χ4n) is 1.75. The van der Waals surface area contributed by atoms with Gasteiger partial charge in [-0.15, -0.1) is 0 Å². The van der Waals surface area contributed by atoms with Crippen LogP contribution in [-0.4, -0.2) is 27.0 Å². The number of aromatic carboxylic acids is 1. The minimum atomic E-state index is -1.31. The number of phenolic OH excluding ortho intramolecular Hbond substituents is 1.